The zero-order chi connectivity index (χ0) is 17.6. The Labute approximate surface area is 136 Å². The Balaban J connectivity index is 3.05. The van der Waals surface area contributed by atoms with Crippen molar-refractivity contribution in [1.29, 1.82) is 0 Å². The maximum atomic E-state index is 12.3. The van der Waals surface area contributed by atoms with Crippen molar-refractivity contribution in [2.24, 2.45) is 5.92 Å². The summed E-state index contributed by atoms with van der Waals surface area (Å²) < 4.78 is 9.92. The highest BCUT2D eigenvalue weighted by atomic mass is 16.5. The quantitative estimate of drug-likeness (QED) is 0.673. The molecular weight excluding hydrogens is 302 g/mol. The summed E-state index contributed by atoms with van der Waals surface area (Å²) in [5.74, 6) is -1.39. The number of likely N-dealkylation sites (tertiary alicyclic amines) is 1. The predicted octanol–water partition coefficient (Wildman–Crippen LogP) is 1.23. The highest BCUT2D eigenvalue weighted by molar-refractivity contribution is 5.87. The summed E-state index contributed by atoms with van der Waals surface area (Å²) in [6.07, 6.45) is 0.193. The van der Waals surface area contributed by atoms with Gasteiger partial charge in [-0.15, -0.1) is 0 Å². The van der Waals surface area contributed by atoms with E-state index in [1.807, 2.05) is 13.8 Å². The number of hydrogen-bond donors (Lipinski definition) is 1. The fourth-order valence-electron chi connectivity index (χ4n) is 2.85. The van der Waals surface area contributed by atoms with Crippen LogP contribution in [0.15, 0.2) is 0 Å². The molecule has 23 heavy (non-hydrogen) atoms. The number of rotatable bonds is 8. The minimum atomic E-state index is -1.70. The number of amides is 1. The lowest BCUT2D eigenvalue weighted by molar-refractivity contribution is -0.179. The minimum absolute atomic E-state index is 0.0872. The summed E-state index contributed by atoms with van der Waals surface area (Å²) >= 11 is 0. The molecule has 1 amide bonds. The molecule has 1 saturated heterocycles. The fourth-order valence-corrected chi connectivity index (χ4v) is 2.85. The van der Waals surface area contributed by atoms with Gasteiger partial charge in [-0.1, -0.05) is 13.8 Å². The van der Waals surface area contributed by atoms with Gasteiger partial charge < -0.3 is 14.6 Å². The summed E-state index contributed by atoms with van der Waals surface area (Å²) in [7, 11) is 0. The van der Waals surface area contributed by atoms with Crippen molar-refractivity contribution in [3.63, 3.8) is 0 Å². The second-order valence-electron chi connectivity index (χ2n) is 6.13. The third kappa shape index (κ3) is 4.92. The van der Waals surface area contributed by atoms with Crippen LogP contribution in [0.25, 0.3) is 0 Å². The Morgan fingerprint density at radius 1 is 1.26 bits per heavy atom. The van der Waals surface area contributed by atoms with E-state index in [1.54, 1.807) is 13.8 Å². The first kappa shape index (κ1) is 19.4. The van der Waals surface area contributed by atoms with Crippen LogP contribution in [-0.4, -0.2) is 52.8 Å². The Morgan fingerprint density at radius 2 is 1.87 bits per heavy atom. The molecule has 0 spiro atoms. The number of hydrogen-bond acceptors (Lipinski definition) is 6. The molecule has 0 bridgehead atoms. The lowest BCUT2D eigenvalue weighted by Crippen LogP contribution is -2.56. The molecule has 0 aliphatic carbocycles. The number of carbonyl (C=O) groups is 3. The highest BCUT2D eigenvalue weighted by Crippen LogP contribution is 2.35. The molecular formula is C16H27NO6. The SMILES string of the molecule is CCOC(=O)CC1(O)CCC(=O)N1C(CC(C)C)C(=O)OCC. The van der Waals surface area contributed by atoms with Crippen molar-refractivity contribution in [3.05, 3.63) is 0 Å². The number of esters is 2. The van der Waals surface area contributed by atoms with Gasteiger partial charge in [0.15, 0.2) is 5.72 Å². The van der Waals surface area contributed by atoms with Crippen LogP contribution in [-0.2, 0) is 23.9 Å². The Hall–Kier alpha value is -1.63. The van der Waals surface area contributed by atoms with Gasteiger partial charge in [-0.25, -0.2) is 4.79 Å². The highest BCUT2D eigenvalue weighted by Gasteiger charge is 2.51. The fraction of sp³-hybridized carbons (Fsp3) is 0.812. The average Bonchev–Trinajstić information content (AvgIpc) is 2.72. The van der Waals surface area contributed by atoms with Crippen LogP contribution in [0, 0.1) is 5.92 Å². The summed E-state index contributed by atoms with van der Waals surface area (Å²) in [4.78, 5) is 37.4. The second kappa shape index (κ2) is 8.29. The van der Waals surface area contributed by atoms with E-state index < -0.39 is 23.7 Å². The maximum absolute atomic E-state index is 12.3. The zero-order valence-electron chi connectivity index (χ0n) is 14.3. The van der Waals surface area contributed by atoms with Crippen molar-refractivity contribution in [2.45, 2.75) is 65.1 Å². The van der Waals surface area contributed by atoms with E-state index in [0.29, 0.717) is 6.42 Å². The third-order valence-electron chi connectivity index (χ3n) is 3.75. The molecule has 0 aromatic rings. The minimum Gasteiger partial charge on any atom is -0.466 e. The molecule has 1 fully saturated rings. The molecule has 132 valence electrons. The Morgan fingerprint density at radius 3 is 2.39 bits per heavy atom. The molecule has 2 unspecified atom stereocenters. The maximum Gasteiger partial charge on any atom is 0.328 e. The summed E-state index contributed by atoms with van der Waals surface area (Å²) in [5.41, 5.74) is -1.70. The largest absolute Gasteiger partial charge is 0.466 e. The van der Waals surface area contributed by atoms with E-state index in [9.17, 15) is 19.5 Å². The van der Waals surface area contributed by atoms with Gasteiger partial charge in [0.05, 0.1) is 19.6 Å². The standard InChI is InChI=1S/C16H27NO6/c1-5-22-14(19)10-16(21)8-7-13(18)17(16)12(9-11(3)4)15(20)23-6-2/h11-12,21H,5-10H2,1-4H3. The first-order valence-electron chi connectivity index (χ1n) is 8.12. The van der Waals surface area contributed by atoms with E-state index in [1.165, 1.54) is 0 Å². The molecule has 0 saturated carbocycles. The van der Waals surface area contributed by atoms with Gasteiger partial charge in [0.2, 0.25) is 5.91 Å². The average molecular weight is 329 g/mol. The molecule has 0 radical (unpaired) electrons. The number of carbonyl (C=O) groups excluding carboxylic acids is 3. The van der Waals surface area contributed by atoms with Crippen LogP contribution in [0.5, 0.6) is 0 Å². The molecule has 1 aliphatic rings. The lowest BCUT2D eigenvalue weighted by Gasteiger charge is -2.38. The molecule has 1 aliphatic heterocycles. The monoisotopic (exact) mass is 329 g/mol. The van der Waals surface area contributed by atoms with Crippen molar-refractivity contribution in [1.82, 2.24) is 4.90 Å². The topological polar surface area (TPSA) is 93.1 Å². The van der Waals surface area contributed by atoms with Gasteiger partial charge >= 0.3 is 11.9 Å². The van der Waals surface area contributed by atoms with Crippen LogP contribution in [0.4, 0.5) is 0 Å². The van der Waals surface area contributed by atoms with Crippen LogP contribution in [0.1, 0.15) is 53.4 Å². The van der Waals surface area contributed by atoms with Gasteiger partial charge in [0, 0.05) is 12.8 Å². The number of ether oxygens (including phenoxy) is 2. The van der Waals surface area contributed by atoms with E-state index in [0.717, 1.165) is 4.90 Å². The molecule has 1 N–H and O–H groups in total. The van der Waals surface area contributed by atoms with Crippen molar-refractivity contribution in [2.75, 3.05) is 13.2 Å². The molecule has 1 rings (SSSR count). The second-order valence-corrected chi connectivity index (χ2v) is 6.13. The first-order valence-corrected chi connectivity index (χ1v) is 8.12. The van der Waals surface area contributed by atoms with Crippen LogP contribution >= 0.6 is 0 Å². The van der Waals surface area contributed by atoms with Gasteiger partial charge in [0.25, 0.3) is 0 Å². The Kier molecular flexibility index (Phi) is 7.00. The van der Waals surface area contributed by atoms with Crippen LogP contribution in [0.2, 0.25) is 0 Å². The molecule has 0 aromatic heterocycles. The summed E-state index contributed by atoms with van der Waals surface area (Å²) in [6, 6.07) is -0.899. The van der Waals surface area contributed by atoms with Crippen molar-refractivity contribution < 1.29 is 29.0 Å². The van der Waals surface area contributed by atoms with E-state index >= 15 is 0 Å². The molecule has 1 heterocycles. The van der Waals surface area contributed by atoms with Crippen molar-refractivity contribution >= 4 is 17.8 Å². The lowest BCUT2D eigenvalue weighted by atomic mass is 9.99. The predicted molar refractivity (Wildman–Crippen MR) is 82.2 cm³/mol. The third-order valence-corrected chi connectivity index (χ3v) is 3.75. The zero-order valence-corrected chi connectivity index (χ0v) is 14.3. The first-order chi connectivity index (χ1) is 10.7. The van der Waals surface area contributed by atoms with Crippen LogP contribution in [0.3, 0.4) is 0 Å². The van der Waals surface area contributed by atoms with Crippen LogP contribution < -0.4 is 0 Å². The molecule has 7 nitrogen and oxygen atoms in total. The van der Waals surface area contributed by atoms with E-state index in [2.05, 4.69) is 0 Å². The number of nitrogens with zero attached hydrogens (tertiary/aromatic N) is 1. The normalized spacial score (nSPS) is 22.3. The summed E-state index contributed by atoms with van der Waals surface area (Å²) in [6.45, 7) is 7.55. The molecule has 2 atom stereocenters. The molecule has 0 aromatic carbocycles. The van der Waals surface area contributed by atoms with Crippen molar-refractivity contribution in [3.8, 4) is 0 Å². The Bertz CT molecular complexity index is 450. The number of aliphatic hydroxyl groups is 1. The molecule has 7 heteroatoms. The van der Waals surface area contributed by atoms with Gasteiger partial charge in [-0.05, 0) is 26.2 Å². The summed E-state index contributed by atoms with van der Waals surface area (Å²) in [5, 5.41) is 10.8. The van der Waals surface area contributed by atoms with Gasteiger partial charge in [-0.2, -0.15) is 0 Å². The van der Waals surface area contributed by atoms with Gasteiger partial charge in [-0.3, -0.25) is 14.5 Å². The van der Waals surface area contributed by atoms with E-state index in [-0.39, 0.29) is 44.3 Å². The smallest absolute Gasteiger partial charge is 0.328 e. The van der Waals surface area contributed by atoms with E-state index in [4.69, 9.17) is 9.47 Å². The van der Waals surface area contributed by atoms with Gasteiger partial charge in [0.1, 0.15) is 6.04 Å².